The van der Waals surface area contributed by atoms with E-state index in [0.29, 0.717) is 6.61 Å². The van der Waals surface area contributed by atoms with Crippen LogP contribution in [0.4, 0.5) is 0 Å². The van der Waals surface area contributed by atoms with Gasteiger partial charge in [0.25, 0.3) is 0 Å². The molecule has 0 atom stereocenters. The van der Waals surface area contributed by atoms with Crippen molar-refractivity contribution >= 4 is 6.08 Å². The number of rotatable bonds is 8. The molecule has 0 saturated heterocycles. The third-order valence-corrected chi connectivity index (χ3v) is 3.68. The molecule has 2 aromatic carbocycles. The SMILES string of the molecule is CCCCc1ccc(OC/C(C)=C/C=C\c2ccccc2)cc1. The fraction of sp³-hybridized carbons (Fsp3) is 0.273. The van der Waals surface area contributed by atoms with Crippen LogP contribution in [-0.4, -0.2) is 6.61 Å². The summed E-state index contributed by atoms with van der Waals surface area (Å²) in [7, 11) is 0. The highest BCUT2D eigenvalue weighted by Gasteiger charge is 1.96. The predicted molar refractivity (Wildman–Crippen MR) is 99.8 cm³/mol. The van der Waals surface area contributed by atoms with Crippen LogP contribution in [0.1, 0.15) is 37.8 Å². The quantitative estimate of drug-likeness (QED) is 0.538. The first kappa shape index (κ1) is 17.1. The molecule has 0 radical (unpaired) electrons. The Morgan fingerprint density at radius 2 is 1.74 bits per heavy atom. The van der Waals surface area contributed by atoms with Crippen molar-refractivity contribution in [1.29, 1.82) is 0 Å². The molecule has 0 bridgehead atoms. The molecule has 0 amide bonds. The topological polar surface area (TPSA) is 9.23 Å². The average molecular weight is 306 g/mol. The number of benzene rings is 2. The van der Waals surface area contributed by atoms with E-state index in [1.807, 2.05) is 18.2 Å². The van der Waals surface area contributed by atoms with Crippen molar-refractivity contribution in [3.63, 3.8) is 0 Å². The summed E-state index contributed by atoms with van der Waals surface area (Å²) < 4.78 is 5.83. The van der Waals surface area contributed by atoms with E-state index in [9.17, 15) is 0 Å². The summed E-state index contributed by atoms with van der Waals surface area (Å²) in [5.41, 5.74) is 3.80. The zero-order chi connectivity index (χ0) is 16.3. The van der Waals surface area contributed by atoms with Gasteiger partial charge in [-0.15, -0.1) is 0 Å². The summed E-state index contributed by atoms with van der Waals surface area (Å²) >= 11 is 0. The van der Waals surface area contributed by atoms with E-state index < -0.39 is 0 Å². The molecule has 0 aliphatic carbocycles. The van der Waals surface area contributed by atoms with Gasteiger partial charge in [-0.2, -0.15) is 0 Å². The van der Waals surface area contributed by atoms with Crippen LogP contribution in [0.25, 0.3) is 6.08 Å². The molecule has 0 unspecified atom stereocenters. The molecule has 0 saturated carbocycles. The Morgan fingerprint density at radius 1 is 1.00 bits per heavy atom. The predicted octanol–water partition coefficient (Wildman–Crippen LogP) is 6.07. The third-order valence-electron chi connectivity index (χ3n) is 3.68. The van der Waals surface area contributed by atoms with E-state index in [2.05, 4.69) is 68.5 Å². The Bertz CT molecular complexity index is 621. The summed E-state index contributed by atoms with van der Waals surface area (Å²) in [6.07, 6.45) is 9.91. The largest absolute Gasteiger partial charge is 0.489 e. The van der Waals surface area contributed by atoms with Crippen LogP contribution < -0.4 is 4.74 Å². The van der Waals surface area contributed by atoms with Crippen LogP contribution in [0.5, 0.6) is 5.75 Å². The van der Waals surface area contributed by atoms with Gasteiger partial charge in [0.15, 0.2) is 0 Å². The van der Waals surface area contributed by atoms with Gasteiger partial charge in [0, 0.05) is 0 Å². The van der Waals surface area contributed by atoms with Crippen LogP contribution in [0.3, 0.4) is 0 Å². The minimum absolute atomic E-state index is 0.618. The van der Waals surface area contributed by atoms with Gasteiger partial charge in [-0.3, -0.25) is 0 Å². The van der Waals surface area contributed by atoms with Crippen LogP contribution in [-0.2, 0) is 6.42 Å². The second-order valence-electron chi connectivity index (χ2n) is 5.82. The van der Waals surface area contributed by atoms with Crippen LogP contribution >= 0.6 is 0 Å². The van der Waals surface area contributed by atoms with E-state index in [1.54, 1.807) is 0 Å². The zero-order valence-electron chi connectivity index (χ0n) is 14.2. The molecule has 0 aromatic heterocycles. The summed E-state index contributed by atoms with van der Waals surface area (Å²) in [6, 6.07) is 18.8. The maximum atomic E-state index is 5.83. The van der Waals surface area contributed by atoms with E-state index in [-0.39, 0.29) is 0 Å². The molecule has 0 aliphatic heterocycles. The summed E-state index contributed by atoms with van der Waals surface area (Å²) in [4.78, 5) is 0. The number of hydrogen-bond acceptors (Lipinski definition) is 1. The van der Waals surface area contributed by atoms with Crippen molar-refractivity contribution in [2.75, 3.05) is 6.61 Å². The van der Waals surface area contributed by atoms with E-state index in [1.165, 1.54) is 29.5 Å². The molecule has 1 heteroatoms. The number of allylic oxidation sites excluding steroid dienone is 2. The molecular formula is C22H26O. The lowest BCUT2D eigenvalue weighted by Crippen LogP contribution is -1.98. The monoisotopic (exact) mass is 306 g/mol. The lowest BCUT2D eigenvalue weighted by molar-refractivity contribution is 0.352. The Hall–Kier alpha value is -2.28. The summed E-state index contributed by atoms with van der Waals surface area (Å²) in [6.45, 7) is 4.93. The molecule has 23 heavy (non-hydrogen) atoms. The van der Waals surface area contributed by atoms with Gasteiger partial charge in [-0.25, -0.2) is 0 Å². The molecule has 0 N–H and O–H groups in total. The molecule has 2 aromatic rings. The highest BCUT2D eigenvalue weighted by atomic mass is 16.5. The van der Waals surface area contributed by atoms with Gasteiger partial charge in [0.2, 0.25) is 0 Å². The fourth-order valence-corrected chi connectivity index (χ4v) is 2.27. The number of unbranched alkanes of at least 4 members (excludes halogenated alkanes) is 1. The number of hydrogen-bond donors (Lipinski definition) is 0. The van der Waals surface area contributed by atoms with Crippen molar-refractivity contribution in [3.8, 4) is 5.75 Å². The lowest BCUT2D eigenvalue weighted by Gasteiger charge is -2.07. The second kappa shape index (κ2) is 9.68. The van der Waals surface area contributed by atoms with Crippen LogP contribution in [0.15, 0.2) is 72.3 Å². The van der Waals surface area contributed by atoms with Crippen molar-refractivity contribution in [2.45, 2.75) is 33.1 Å². The Labute approximate surface area is 140 Å². The molecular weight excluding hydrogens is 280 g/mol. The molecule has 0 fully saturated rings. The van der Waals surface area contributed by atoms with Crippen LogP contribution in [0.2, 0.25) is 0 Å². The van der Waals surface area contributed by atoms with Crippen molar-refractivity contribution in [3.05, 3.63) is 83.4 Å². The molecule has 0 spiro atoms. The number of aryl methyl sites for hydroxylation is 1. The van der Waals surface area contributed by atoms with Crippen LogP contribution in [0, 0.1) is 0 Å². The third kappa shape index (κ3) is 6.56. The molecule has 120 valence electrons. The van der Waals surface area contributed by atoms with Gasteiger partial charge in [-0.05, 0) is 48.6 Å². The van der Waals surface area contributed by atoms with Gasteiger partial charge in [0.05, 0.1) is 0 Å². The molecule has 0 aliphatic rings. The minimum Gasteiger partial charge on any atom is -0.489 e. The fourth-order valence-electron chi connectivity index (χ4n) is 2.27. The normalized spacial score (nSPS) is 11.8. The second-order valence-corrected chi connectivity index (χ2v) is 5.82. The van der Waals surface area contributed by atoms with Crippen molar-refractivity contribution in [1.82, 2.24) is 0 Å². The van der Waals surface area contributed by atoms with Crippen molar-refractivity contribution in [2.24, 2.45) is 0 Å². The standard InChI is InChI=1S/C22H26O/c1-3-4-10-21-14-16-22(17-15-21)23-18-19(2)9-8-13-20-11-6-5-7-12-20/h5-9,11-17H,3-4,10,18H2,1-2H3/b13-8-,19-9+. The van der Waals surface area contributed by atoms with E-state index in [0.717, 1.165) is 12.2 Å². The minimum atomic E-state index is 0.618. The first-order chi connectivity index (χ1) is 11.3. The number of ether oxygens (including phenoxy) is 1. The van der Waals surface area contributed by atoms with Gasteiger partial charge in [-0.1, -0.05) is 74.0 Å². The van der Waals surface area contributed by atoms with Gasteiger partial charge in [0.1, 0.15) is 12.4 Å². The Morgan fingerprint density at radius 3 is 2.43 bits per heavy atom. The first-order valence-corrected chi connectivity index (χ1v) is 8.38. The lowest BCUT2D eigenvalue weighted by atomic mass is 10.1. The molecule has 0 heterocycles. The average Bonchev–Trinajstić information content (AvgIpc) is 2.60. The van der Waals surface area contributed by atoms with Gasteiger partial charge < -0.3 is 4.74 Å². The zero-order valence-corrected chi connectivity index (χ0v) is 14.2. The van der Waals surface area contributed by atoms with E-state index >= 15 is 0 Å². The maximum absolute atomic E-state index is 5.83. The highest BCUT2D eigenvalue weighted by Crippen LogP contribution is 2.14. The Kier molecular flexibility index (Phi) is 7.19. The maximum Gasteiger partial charge on any atom is 0.119 e. The summed E-state index contributed by atoms with van der Waals surface area (Å²) in [5.74, 6) is 0.935. The van der Waals surface area contributed by atoms with E-state index in [4.69, 9.17) is 4.74 Å². The smallest absolute Gasteiger partial charge is 0.119 e. The molecule has 2 rings (SSSR count). The van der Waals surface area contributed by atoms with Crippen molar-refractivity contribution < 1.29 is 4.74 Å². The highest BCUT2D eigenvalue weighted by molar-refractivity contribution is 5.50. The first-order valence-electron chi connectivity index (χ1n) is 8.38. The molecule has 1 nitrogen and oxygen atoms in total. The Balaban J connectivity index is 1.80. The summed E-state index contributed by atoms with van der Waals surface area (Å²) in [5, 5.41) is 0. The van der Waals surface area contributed by atoms with Gasteiger partial charge >= 0.3 is 0 Å².